The molecule has 2 heterocycles. The number of hydrogen-bond donors (Lipinski definition) is 1. The average molecular weight is 237 g/mol. The Balaban J connectivity index is 1.63. The molecule has 0 bridgehead atoms. The fraction of sp³-hybridized carbons (Fsp3) is 0.750. The van der Waals surface area contributed by atoms with Crippen molar-refractivity contribution in [2.45, 2.75) is 37.8 Å². The molecular weight excluding hydrogens is 218 g/mol. The van der Waals surface area contributed by atoms with Gasteiger partial charge in [-0.2, -0.15) is 0 Å². The molecule has 1 aromatic rings. The number of piperazine rings is 1. The van der Waals surface area contributed by atoms with Gasteiger partial charge in [-0.15, -0.1) is 11.3 Å². The first-order valence-corrected chi connectivity index (χ1v) is 7.15. The van der Waals surface area contributed by atoms with Crippen molar-refractivity contribution in [1.29, 1.82) is 0 Å². The van der Waals surface area contributed by atoms with Crippen molar-refractivity contribution < 1.29 is 0 Å². The predicted molar refractivity (Wildman–Crippen MR) is 66.6 cm³/mol. The quantitative estimate of drug-likeness (QED) is 0.851. The number of nitrogens with zero attached hydrogens (tertiary/aromatic N) is 2. The molecule has 1 aliphatic carbocycles. The van der Waals surface area contributed by atoms with Crippen LogP contribution in [0.4, 0.5) is 0 Å². The van der Waals surface area contributed by atoms with E-state index >= 15 is 0 Å². The smallest absolute Gasteiger partial charge is 0.0795 e. The molecule has 2 aliphatic rings. The molecule has 0 radical (unpaired) electrons. The average Bonchev–Trinajstić information content (AvgIpc) is 2.91. The lowest BCUT2D eigenvalue weighted by Gasteiger charge is -2.41. The lowest BCUT2D eigenvalue weighted by molar-refractivity contribution is 0.128. The highest BCUT2D eigenvalue weighted by Gasteiger charge is 2.37. The van der Waals surface area contributed by atoms with Crippen molar-refractivity contribution in [3.05, 3.63) is 16.6 Å². The Morgan fingerprint density at radius 3 is 3.06 bits per heavy atom. The lowest BCUT2D eigenvalue weighted by Crippen LogP contribution is -2.58. The SMILES string of the molecule is c1nc(CN2CCNC3(CCCC3)C2)cs1. The van der Waals surface area contributed by atoms with E-state index in [4.69, 9.17) is 0 Å². The van der Waals surface area contributed by atoms with Gasteiger partial charge in [0.2, 0.25) is 0 Å². The van der Waals surface area contributed by atoms with Crippen LogP contribution in [-0.4, -0.2) is 35.1 Å². The molecule has 1 saturated carbocycles. The van der Waals surface area contributed by atoms with Crippen molar-refractivity contribution in [3.63, 3.8) is 0 Å². The topological polar surface area (TPSA) is 28.2 Å². The van der Waals surface area contributed by atoms with Crippen LogP contribution in [0.1, 0.15) is 31.4 Å². The Morgan fingerprint density at radius 2 is 2.31 bits per heavy atom. The maximum atomic E-state index is 4.38. The first-order chi connectivity index (χ1) is 7.86. The molecule has 1 saturated heterocycles. The van der Waals surface area contributed by atoms with E-state index in [9.17, 15) is 0 Å². The highest BCUT2D eigenvalue weighted by atomic mass is 32.1. The monoisotopic (exact) mass is 237 g/mol. The van der Waals surface area contributed by atoms with Gasteiger partial charge in [0.25, 0.3) is 0 Å². The molecule has 0 unspecified atom stereocenters. The number of hydrogen-bond acceptors (Lipinski definition) is 4. The molecule has 88 valence electrons. The van der Waals surface area contributed by atoms with Crippen LogP contribution in [0, 0.1) is 0 Å². The number of thiazole rings is 1. The van der Waals surface area contributed by atoms with Gasteiger partial charge in [0, 0.05) is 37.1 Å². The summed E-state index contributed by atoms with van der Waals surface area (Å²) in [7, 11) is 0. The molecule has 0 atom stereocenters. The largest absolute Gasteiger partial charge is 0.309 e. The second-order valence-electron chi connectivity index (χ2n) is 5.10. The van der Waals surface area contributed by atoms with Gasteiger partial charge in [-0.3, -0.25) is 4.90 Å². The fourth-order valence-corrected chi connectivity index (χ4v) is 3.66. The van der Waals surface area contributed by atoms with Gasteiger partial charge in [-0.25, -0.2) is 4.98 Å². The van der Waals surface area contributed by atoms with Gasteiger partial charge in [0.05, 0.1) is 11.2 Å². The third kappa shape index (κ3) is 2.14. The summed E-state index contributed by atoms with van der Waals surface area (Å²) in [6.45, 7) is 4.56. The van der Waals surface area contributed by atoms with Crippen LogP contribution in [-0.2, 0) is 6.54 Å². The van der Waals surface area contributed by atoms with Crippen LogP contribution in [0.15, 0.2) is 10.9 Å². The summed E-state index contributed by atoms with van der Waals surface area (Å²) in [5.74, 6) is 0. The van der Waals surface area contributed by atoms with Crippen molar-refractivity contribution >= 4 is 11.3 Å². The minimum atomic E-state index is 0.439. The maximum Gasteiger partial charge on any atom is 0.0795 e. The van der Waals surface area contributed by atoms with Gasteiger partial charge in [-0.1, -0.05) is 12.8 Å². The van der Waals surface area contributed by atoms with E-state index in [-0.39, 0.29) is 0 Å². The Hall–Kier alpha value is -0.450. The van der Waals surface area contributed by atoms with Crippen LogP contribution < -0.4 is 5.32 Å². The summed E-state index contributed by atoms with van der Waals surface area (Å²) in [5.41, 5.74) is 3.61. The second kappa shape index (κ2) is 4.43. The van der Waals surface area contributed by atoms with Crippen molar-refractivity contribution in [2.24, 2.45) is 0 Å². The van der Waals surface area contributed by atoms with Crippen molar-refractivity contribution in [3.8, 4) is 0 Å². The van der Waals surface area contributed by atoms with E-state index in [0.29, 0.717) is 5.54 Å². The zero-order valence-electron chi connectivity index (χ0n) is 9.61. The van der Waals surface area contributed by atoms with Gasteiger partial charge >= 0.3 is 0 Å². The summed E-state index contributed by atoms with van der Waals surface area (Å²) in [6, 6.07) is 0. The third-order valence-electron chi connectivity index (χ3n) is 3.88. The summed E-state index contributed by atoms with van der Waals surface area (Å²) >= 11 is 1.70. The van der Waals surface area contributed by atoms with E-state index < -0.39 is 0 Å². The Morgan fingerprint density at radius 1 is 1.44 bits per heavy atom. The van der Waals surface area contributed by atoms with Gasteiger partial charge in [-0.05, 0) is 12.8 Å². The van der Waals surface area contributed by atoms with Crippen LogP contribution in [0.5, 0.6) is 0 Å². The van der Waals surface area contributed by atoms with E-state index in [1.165, 1.54) is 44.5 Å². The molecule has 3 rings (SSSR count). The molecule has 0 amide bonds. The van der Waals surface area contributed by atoms with Crippen LogP contribution in [0.2, 0.25) is 0 Å². The molecule has 0 aromatic carbocycles. The Labute approximate surface area is 101 Å². The Bertz CT molecular complexity index is 330. The number of nitrogens with one attached hydrogen (secondary N) is 1. The minimum Gasteiger partial charge on any atom is -0.309 e. The zero-order chi connectivity index (χ0) is 10.8. The summed E-state index contributed by atoms with van der Waals surface area (Å²) in [6.07, 6.45) is 5.52. The molecule has 4 heteroatoms. The highest BCUT2D eigenvalue weighted by Crippen LogP contribution is 2.32. The van der Waals surface area contributed by atoms with Gasteiger partial charge in [0.15, 0.2) is 0 Å². The highest BCUT2D eigenvalue weighted by molar-refractivity contribution is 7.07. The predicted octanol–water partition coefficient (Wildman–Crippen LogP) is 1.86. The second-order valence-corrected chi connectivity index (χ2v) is 5.82. The summed E-state index contributed by atoms with van der Waals surface area (Å²) in [5, 5.41) is 5.91. The first-order valence-electron chi connectivity index (χ1n) is 6.21. The summed E-state index contributed by atoms with van der Waals surface area (Å²) < 4.78 is 0. The molecule has 2 fully saturated rings. The van der Waals surface area contributed by atoms with E-state index in [1.807, 2.05) is 5.51 Å². The fourth-order valence-electron chi connectivity index (χ4n) is 3.11. The van der Waals surface area contributed by atoms with E-state index in [0.717, 1.165) is 13.1 Å². The molecular formula is C12H19N3S. The first kappa shape index (κ1) is 10.7. The summed E-state index contributed by atoms with van der Waals surface area (Å²) in [4.78, 5) is 6.95. The van der Waals surface area contributed by atoms with E-state index in [1.54, 1.807) is 11.3 Å². The number of aromatic nitrogens is 1. The molecule has 1 spiro atoms. The van der Waals surface area contributed by atoms with Crippen LogP contribution in [0.25, 0.3) is 0 Å². The molecule has 3 nitrogen and oxygen atoms in total. The van der Waals surface area contributed by atoms with E-state index in [2.05, 4.69) is 20.6 Å². The lowest BCUT2D eigenvalue weighted by atomic mass is 9.94. The van der Waals surface area contributed by atoms with Crippen LogP contribution in [0.3, 0.4) is 0 Å². The normalized spacial score (nSPS) is 25.2. The van der Waals surface area contributed by atoms with Crippen LogP contribution >= 0.6 is 11.3 Å². The minimum absolute atomic E-state index is 0.439. The van der Waals surface area contributed by atoms with Gasteiger partial charge < -0.3 is 5.32 Å². The molecule has 16 heavy (non-hydrogen) atoms. The standard InChI is InChI=1S/C12H19N3S/c1-2-4-12(3-1)9-15(6-5-14-12)7-11-8-16-10-13-11/h8,10,14H,1-7,9H2. The third-order valence-corrected chi connectivity index (χ3v) is 4.52. The molecule has 1 N–H and O–H groups in total. The van der Waals surface area contributed by atoms with Crippen molar-refractivity contribution in [1.82, 2.24) is 15.2 Å². The Kier molecular flexibility index (Phi) is 2.96. The molecule has 1 aliphatic heterocycles. The maximum absolute atomic E-state index is 4.38. The van der Waals surface area contributed by atoms with Crippen molar-refractivity contribution in [2.75, 3.05) is 19.6 Å². The number of rotatable bonds is 2. The zero-order valence-corrected chi connectivity index (χ0v) is 10.4. The molecule has 1 aromatic heterocycles. The van der Waals surface area contributed by atoms with Gasteiger partial charge in [0.1, 0.15) is 0 Å².